The van der Waals surface area contributed by atoms with Gasteiger partial charge < -0.3 is 20.1 Å². The molecule has 0 aliphatic carbocycles. The number of nitrogens with zero attached hydrogens (tertiary/aromatic N) is 1. The SMILES string of the molecule is CN=C(NCc1cccc(COC2CCOCC2)c1)NC(C)c1ccccc1C. The minimum atomic E-state index is 0.182. The van der Waals surface area contributed by atoms with E-state index < -0.39 is 0 Å². The predicted molar refractivity (Wildman–Crippen MR) is 118 cm³/mol. The summed E-state index contributed by atoms with van der Waals surface area (Å²) in [6.07, 6.45) is 2.29. The van der Waals surface area contributed by atoms with Crippen LogP contribution in [0.25, 0.3) is 0 Å². The summed E-state index contributed by atoms with van der Waals surface area (Å²) in [6, 6.07) is 17.2. The van der Waals surface area contributed by atoms with Crippen molar-refractivity contribution in [2.45, 2.75) is 52.0 Å². The van der Waals surface area contributed by atoms with E-state index in [1.165, 1.54) is 22.3 Å². The van der Waals surface area contributed by atoms with Crippen molar-refractivity contribution >= 4 is 5.96 Å². The quantitative estimate of drug-likeness (QED) is 0.547. The smallest absolute Gasteiger partial charge is 0.191 e. The fourth-order valence-electron chi connectivity index (χ4n) is 3.62. The van der Waals surface area contributed by atoms with Crippen molar-refractivity contribution in [1.82, 2.24) is 10.6 Å². The van der Waals surface area contributed by atoms with Crippen LogP contribution < -0.4 is 10.6 Å². The average Bonchev–Trinajstić information content (AvgIpc) is 2.76. The number of rotatable bonds is 7. The van der Waals surface area contributed by atoms with E-state index in [0.717, 1.165) is 32.0 Å². The molecule has 0 saturated carbocycles. The first-order valence-corrected chi connectivity index (χ1v) is 10.5. The van der Waals surface area contributed by atoms with E-state index in [1.54, 1.807) is 7.05 Å². The first-order chi connectivity index (χ1) is 14.2. The van der Waals surface area contributed by atoms with Gasteiger partial charge in [0, 0.05) is 26.8 Å². The predicted octanol–water partition coefficient (Wildman–Crippen LogP) is 4.12. The molecule has 1 unspecified atom stereocenters. The molecule has 1 aliphatic rings. The summed E-state index contributed by atoms with van der Waals surface area (Å²) < 4.78 is 11.4. The van der Waals surface area contributed by atoms with Gasteiger partial charge in [0.25, 0.3) is 0 Å². The van der Waals surface area contributed by atoms with Gasteiger partial charge in [0.1, 0.15) is 0 Å². The maximum atomic E-state index is 6.05. The number of hydrogen-bond acceptors (Lipinski definition) is 3. The Labute approximate surface area is 174 Å². The third kappa shape index (κ3) is 6.58. The van der Waals surface area contributed by atoms with E-state index in [2.05, 4.69) is 78.0 Å². The number of nitrogens with one attached hydrogen (secondary N) is 2. The second-order valence-electron chi connectivity index (χ2n) is 7.59. The van der Waals surface area contributed by atoms with Gasteiger partial charge in [-0.15, -0.1) is 0 Å². The fraction of sp³-hybridized carbons (Fsp3) is 0.458. The summed E-state index contributed by atoms with van der Waals surface area (Å²) >= 11 is 0. The van der Waals surface area contributed by atoms with Crippen LogP contribution in [0.15, 0.2) is 53.5 Å². The molecular weight excluding hydrogens is 362 g/mol. The van der Waals surface area contributed by atoms with Gasteiger partial charge in [-0.2, -0.15) is 0 Å². The van der Waals surface area contributed by atoms with Crippen molar-refractivity contribution in [3.63, 3.8) is 0 Å². The van der Waals surface area contributed by atoms with Crippen molar-refractivity contribution in [3.8, 4) is 0 Å². The van der Waals surface area contributed by atoms with E-state index in [4.69, 9.17) is 9.47 Å². The third-order valence-electron chi connectivity index (χ3n) is 5.34. The summed E-state index contributed by atoms with van der Waals surface area (Å²) in [6.45, 7) is 7.27. The van der Waals surface area contributed by atoms with Crippen LogP contribution in [0.5, 0.6) is 0 Å². The van der Waals surface area contributed by atoms with Crippen LogP contribution in [0.4, 0.5) is 0 Å². The van der Waals surface area contributed by atoms with E-state index in [0.29, 0.717) is 19.3 Å². The van der Waals surface area contributed by atoms with Gasteiger partial charge in [0.15, 0.2) is 5.96 Å². The zero-order valence-corrected chi connectivity index (χ0v) is 17.8. The Kier molecular flexibility index (Phi) is 8.08. The molecular formula is C24H33N3O2. The van der Waals surface area contributed by atoms with Crippen LogP contribution in [0.1, 0.15) is 48.1 Å². The molecule has 1 atom stereocenters. The highest BCUT2D eigenvalue weighted by Gasteiger charge is 2.14. The van der Waals surface area contributed by atoms with Crippen LogP contribution in [-0.4, -0.2) is 32.3 Å². The molecule has 2 aromatic rings. The summed E-state index contributed by atoms with van der Waals surface area (Å²) in [7, 11) is 1.80. The molecule has 5 nitrogen and oxygen atoms in total. The molecule has 3 rings (SSSR count). The summed E-state index contributed by atoms with van der Waals surface area (Å²) in [5, 5.41) is 6.90. The van der Waals surface area contributed by atoms with Gasteiger partial charge >= 0.3 is 0 Å². The van der Waals surface area contributed by atoms with Crippen LogP contribution in [0, 0.1) is 6.92 Å². The summed E-state index contributed by atoms with van der Waals surface area (Å²) in [5.74, 6) is 0.796. The second kappa shape index (κ2) is 11.0. The highest BCUT2D eigenvalue weighted by Crippen LogP contribution is 2.17. The molecule has 1 fully saturated rings. The molecule has 1 saturated heterocycles. The fourth-order valence-corrected chi connectivity index (χ4v) is 3.62. The molecule has 156 valence electrons. The Morgan fingerprint density at radius 1 is 1.14 bits per heavy atom. The van der Waals surface area contributed by atoms with Crippen LogP contribution in [0.2, 0.25) is 0 Å². The van der Waals surface area contributed by atoms with E-state index >= 15 is 0 Å². The number of hydrogen-bond donors (Lipinski definition) is 2. The minimum Gasteiger partial charge on any atom is -0.381 e. The Morgan fingerprint density at radius 2 is 1.90 bits per heavy atom. The van der Waals surface area contributed by atoms with Crippen LogP contribution in [0.3, 0.4) is 0 Å². The highest BCUT2D eigenvalue weighted by molar-refractivity contribution is 5.80. The molecule has 2 N–H and O–H groups in total. The topological polar surface area (TPSA) is 54.9 Å². The second-order valence-corrected chi connectivity index (χ2v) is 7.59. The maximum absolute atomic E-state index is 6.05. The first kappa shape index (κ1) is 21.3. The highest BCUT2D eigenvalue weighted by atomic mass is 16.5. The number of benzene rings is 2. The minimum absolute atomic E-state index is 0.182. The van der Waals surface area contributed by atoms with E-state index in [1.807, 2.05) is 0 Å². The number of aliphatic imine (C=N–C) groups is 1. The lowest BCUT2D eigenvalue weighted by atomic mass is 10.0. The van der Waals surface area contributed by atoms with Crippen LogP contribution in [-0.2, 0) is 22.6 Å². The molecule has 2 aromatic carbocycles. The zero-order valence-electron chi connectivity index (χ0n) is 17.8. The van der Waals surface area contributed by atoms with Crippen molar-refractivity contribution < 1.29 is 9.47 Å². The molecule has 0 amide bonds. The molecule has 5 heteroatoms. The molecule has 1 aliphatic heterocycles. The third-order valence-corrected chi connectivity index (χ3v) is 5.34. The molecule has 0 radical (unpaired) electrons. The number of aryl methyl sites for hydroxylation is 1. The van der Waals surface area contributed by atoms with Gasteiger partial charge in [-0.25, -0.2) is 0 Å². The normalized spacial score (nSPS) is 16.4. The van der Waals surface area contributed by atoms with Crippen molar-refractivity contribution in [2.24, 2.45) is 4.99 Å². The molecule has 29 heavy (non-hydrogen) atoms. The first-order valence-electron chi connectivity index (χ1n) is 10.5. The Morgan fingerprint density at radius 3 is 2.66 bits per heavy atom. The van der Waals surface area contributed by atoms with Crippen molar-refractivity contribution in [2.75, 3.05) is 20.3 Å². The monoisotopic (exact) mass is 395 g/mol. The van der Waals surface area contributed by atoms with Gasteiger partial charge in [-0.05, 0) is 48.9 Å². The van der Waals surface area contributed by atoms with Gasteiger partial charge in [0.2, 0.25) is 0 Å². The summed E-state index contributed by atoms with van der Waals surface area (Å²) in [5.41, 5.74) is 4.97. The Hall–Kier alpha value is -2.37. The van der Waals surface area contributed by atoms with E-state index in [9.17, 15) is 0 Å². The van der Waals surface area contributed by atoms with Crippen molar-refractivity contribution in [1.29, 1.82) is 0 Å². The van der Waals surface area contributed by atoms with Crippen LogP contribution >= 0.6 is 0 Å². The zero-order chi connectivity index (χ0) is 20.5. The lowest BCUT2D eigenvalue weighted by Crippen LogP contribution is -2.38. The molecule has 0 bridgehead atoms. The largest absolute Gasteiger partial charge is 0.381 e. The van der Waals surface area contributed by atoms with Crippen molar-refractivity contribution in [3.05, 3.63) is 70.8 Å². The average molecular weight is 396 g/mol. The lowest BCUT2D eigenvalue weighted by Gasteiger charge is -2.22. The maximum Gasteiger partial charge on any atom is 0.191 e. The van der Waals surface area contributed by atoms with Gasteiger partial charge in [-0.3, -0.25) is 4.99 Å². The molecule has 0 aromatic heterocycles. The Balaban J connectivity index is 1.50. The summed E-state index contributed by atoms with van der Waals surface area (Å²) in [4.78, 5) is 4.38. The van der Waals surface area contributed by atoms with Gasteiger partial charge in [0.05, 0.1) is 18.8 Å². The van der Waals surface area contributed by atoms with Gasteiger partial charge in [-0.1, -0.05) is 48.5 Å². The van der Waals surface area contributed by atoms with E-state index in [-0.39, 0.29) is 6.04 Å². The molecule has 1 heterocycles. The molecule has 0 spiro atoms. The standard InChI is InChI=1S/C24H33N3O2/c1-18-7-4-5-10-23(18)19(2)27-24(25-3)26-16-20-8-6-9-21(15-20)17-29-22-11-13-28-14-12-22/h4-10,15,19,22H,11-14,16-17H2,1-3H3,(H2,25,26,27). The lowest BCUT2D eigenvalue weighted by molar-refractivity contribution is -0.0390. The number of ether oxygens (including phenoxy) is 2. The number of guanidine groups is 1. The Bertz CT molecular complexity index is 800.